The van der Waals surface area contributed by atoms with E-state index in [1.807, 2.05) is 0 Å². The molecular weight excluding hydrogens is 913 g/mol. The van der Waals surface area contributed by atoms with Crippen LogP contribution in [-0.2, 0) is 0 Å². The SMILES string of the molecule is c1ccc(N(c2ccccc2)c2cc3c4c(c2)N(c2ccccc2)c2ccccc2B4c2cc4c(cc2O3)B2c3ccccc3N3c5ccccc5B5c6ccccc6Oc6cc(c2c3c65)N4c2ccccc2)cc1. The number of hydrogen-bond acceptors (Lipinski definition) is 6. The fourth-order valence-electron chi connectivity index (χ4n) is 13.6. The lowest BCUT2D eigenvalue weighted by atomic mass is 9.28. The molecule has 6 heterocycles. The van der Waals surface area contributed by atoms with Crippen molar-refractivity contribution in [1.82, 2.24) is 0 Å². The second kappa shape index (κ2) is 15.5. The molecule has 0 fully saturated rings. The number of nitrogens with zero attached hydrogens (tertiary/aromatic N) is 4. The fourth-order valence-corrected chi connectivity index (χ4v) is 13.6. The van der Waals surface area contributed by atoms with Crippen LogP contribution in [0.2, 0.25) is 0 Å². The molecule has 0 spiro atoms. The van der Waals surface area contributed by atoms with Gasteiger partial charge in [0.15, 0.2) is 0 Å². The van der Waals surface area contributed by atoms with Crippen molar-refractivity contribution in [2.45, 2.75) is 0 Å². The molecule has 6 aliphatic heterocycles. The third-order valence-electron chi connectivity index (χ3n) is 16.5. The summed E-state index contributed by atoms with van der Waals surface area (Å²) in [5.41, 5.74) is 24.3. The molecule has 0 saturated heterocycles. The highest BCUT2D eigenvalue weighted by Gasteiger charge is 2.52. The van der Waals surface area contributed by atoms with Crippen molar-refractivity contribution >= 4 is 138 Å². The van der Waals surface area contributed by atoms with Gasteiger partial charge in [0.2, 0.25) is 0 Å². The van der Waals surface area contributed by atoms with Gasteiger partial charge in [-0.15, -0.1) is 0 Å². The molecule has 0 aliphatic carbocycles. The maximum atomic E-state index is 7.63. The van der Waals surface area contributed by atoms with Crippen LogP contribution in [-0.4, -0.2) is 20.1 Å². The zero-order valence-electron chi connectivity index (χ0n) is 40.5. The maximum absolute atomic E-state index is 7.63. The maximum Gasteiger partial charge on any atom is 0.256 e. The third-order valence-corrected chi connectivity index (χ3v) is 16.5. The van der Waals surface area contributed by atoms with Gasteiger partial charge in [-0.3, -0.25) is 0 Å². The lowest BCUT2D eigenvalue weighted by Crippen LogP contribution is -2.68. The Kier molecular flexibility index (Phi) is 8.44. The van der Waals surface area contributed by atoms with Crippen LogP contribution in [0.25, 0.3) is 0 Å². The van der Waals surface area contributed by atoms with Crippen molar-refractivity contribution in [3.8, 4) is 23.0 Å². The minimum absolute atomic E-state index is 0.00453. The summed E-state index contributed by atoms with van der Waals surface area (Å²) in [6.45, 7) is -0.275. The Hall–Kier alpha value is -9.59. The minimum atomic E-state index is -0.147. The van der Waals surface area contributed by atoms with Crippen LogP contribution in [0.4, 0.5) is 68.2 Å². The monoisotopic (exact) mass is 954 g/mol. The van der Waals surface area contributed by atoms with Crippen molar-refractivity contribution in [3.63, 3.8) is 0 Å². The molecule has 9 heteroatoms. The zero-order chi connectivity index (χ0) is 48.9. The molecule has 0 saturated carbocycles. The number of rotatable bonds is 5. The van der Waals surface area contributed by atoms with Crippen LogP contribution < -0.4 is 78.2 Å². The van der Waals surface area contributed by atoms with Gasteiger partial charge in [-0.1, -0.05) is 146 Å². The molecule has 17 rings (SSSR count). The number of benzene rings is 11. The molecule has 0 atom stereocenters. The number of para-hydroxylation sites is 8. The first-order valence-electron chi connectivity index (χ1n) is 25.9. The molecule has 0 amide bonds. The fraction of sp³-hybridized carbons (Fsp3) is 0. The summed E-state index contributed by atoms with van der Waals surface area (Å²) in [4.78, 5) is 9.83. The average Bonchev–Trinajstić information content (AvgIpc) is 3.59. The summed E-state index contributed by atoms with van der Waals surface area (Å²) >= 11 is 0. The van der Waals surface area contributed by atoms with Crippen molar-refractivity contribution < 1.29 is 9.47 Å². The van der Waals surface area contributed by atoms with E-state index in [0.717, 1.165) is 85.1 Å². The molecule has 0 bridgehead atoms. The molecule has 0 N–H and O–H groups in total. The summed E-state index contributed by atoms with van der Waals surface area (Å²) in [6.07, 6.45) is 0. The summed E-state index contributed by atoms with van der Waals surface area (Å²) in [7, 11) is 0. The Morgan fingerprint density at radius 1 is 0.267 bits per heavy atom. The Balaban J connectivity index is 0.952. The number of fused-ring (bicyclic) bond motifs is 14. The van der Waals surface area contributed by atoms with Gasteiger partial charge in [-0.2, -0.15) is 0 Å². The van der Waals surface area contributed by atoms with E-state index in [1.165, 1.54) is 55.3 Å². The molecule has 6 nitrogen and oxygen atoms in total. The second-order valence-corrected chi connectivity index (χ2v) is 20.3. The van der Waals surface area contributed by atoms with Gasteiger partial charge in [0.05, 0.1) is 5.69 Å². The van der Waals surface area contributed by atoms with Gasteiger partial charge in [-0.25, -0.2) is 0 Å². The molecule has 11 aromatic carbocycles. The van der Waals surface area contributed by atoms with E-state index in [-0.39, 0.29) is 20.1 Å². The summed E-state index contributed by atoms with van der Waals surface area (Å²) in [5, 5.41) is 0. The highest BCUT2D eigenvalue weighted by atomic mass is 16.5. The number of anilines is 12. The van der Waals surface area contributed by atoms with Gasteiger partial charge in [0.25, 0.3) is 20.1 Å². The first-order chi connectivity index (χ1) is 37.2. The summed E-state index contributed by atoms with van der Waals surface area (Å²) in [6, 6.07) is 90.5. The zero-order valence-corrected chi connectivity index (χ0v) is 40.5. The predicted molar refractivity (Wildman–Crippen MR) is 312 cm³/mol. The van der Waals surface area contributed by atoms with Crippen LogP contribution in [0.3, 0.4) is 0 Å². The molecule has 0 aromatic heterocycles. The van der Waals surface area contributed by atoms with Crippen LogP contribution in [0, 0.1) is 0 Å². The molecule has 0 unspecified atom stereocenters. The van der Waals surface area contributed by atoms with Crippen molar-refractivity contribution in [3.05, 3.63) is 249 Å². The average molecular weight is 955 g/mol. The number of ether oxygens (including phenoxy) is 2. The van der Waals surface area contributed by atoms with Crippen LogP contribution >= 0.6 is 0 Å². The van der Waals surface area contributed by atoms with E-state index in [4.69, 9.17) is 9.47 Å². The molecule has 11 aromatic rings. The molecular formula is C66H41B3N4O2. The van der Waals surface area contributed by atoms with E-state index >= 15 is 0 Å². The topological polar surface area (TPSA) is 31.4 Å². The molecule has 346 valence electrons. The Labute approximate surface area is 436 Å². The Bertz CT molecular complexity index is 4160. The van der Waals surface area contributed by atoms with E-state index in [1.54, 1.807) is 0 Å². The molecule has 0 radical (unpaired) electrons. The van der Waals surface area contributed by atoms with Gasteiger partial charge in [0, 0.05) is 74.7 Å². The van der Waals surface area contributed by atoms with Gasteiger partial charge < -0.3 is 29.1 Å². The van der Waals surface area contributed by atoms with Crippen molar-refractivity contribution in [1.29, 1.82) is 0 Å². The van der Waals surface area contributed by atoms with Crippen molar-refractivity contribution in [2.24, 2.45) is 0 Å². The quantitative estimate of drug-likeness (QED) is 0.160. The molecule has 6 aliphatic rings. The number of hydrogen-bond donors (Lipinski definition) is 0. The van der Waals surface area contributed by atoms with E-state index in [0.29, 0.717) is 0 Å². The minimum Gasteiger partial charge on any atom is -0.458 e. The summed E-state index contributed by atoms with van der Waals surface area (Å²) < 4.78 is 14.8. The van der Waals surface area contributed by atoms with Crippen LogP contribution in [0.1, 0.15) is 0 Å². The predicted octanol–water partition coefficient (Wildman–Crippen LogP) is 10.6. The van der Waals surface area contributed by atoms with Gasteiger partial charge >= 0.3 is 0 Å². The van der Waals surface area contributed by atoms with Crippen LogP contribution in [0.5, 0.6) is 23.0 Å². The Morgan fingerprint density at radius 2 is 0.720 bits per heavy atom. The standard InChI is InChI=1S/C66H41B3N4O2/c1-5-21-42(22-6-1)70(43-23-7-2-8-24-43)46-37-57-63-61(38-46)75-60-40-51-56(39-52(60)69(63)47-29-13-17-33-53(47)71(57)44-25-9-3-10-26-44)72(45-27-11-4-12-28-45)58-41-62-65-66-64(58)68(51)49-31-15-19-35-55(49)73(66)54-34-18-14-30-48(54)67(65)50-32-16-20-36-59(50)74-62/h1-41H. The summed E-state index contributed by atoms with van der Waals surface area (Å²) in [5.74, 6) is 3.51. The van der Waals surface area contributed by atoms with Gasteiger partial charge in [-0.05, 0) is 140 Å². The third kappa shape index (κ3) is 5.67. The second-order valence-electron chi connectivity index (χ2n) is 20.3. The smallest absolute Gasteiger partial charge is 0.256 e. The lowest BCUT2D eigenvalue weighted by molar-refractivity contribution is 0.487. The highest BCUT2D eigenvalue weighted by molar-refractivity contribution is 7.05. The molecule has 75 heavy (non-hydrogen) atoms. The largest absolute Gasteiger partial charge is 0.458 e. The lowest BCUT2D eigenvalue weighted by Gasteiger charge is -2.49. The van der Waals surface area contributed by atoms with Crippen LogP contribution in [0.15, 0.2) is 249 Å². The van der Waals surface area contributed by atoms with Gasteiger partial charge in [0.1, 0.15) is 23.0 Å². The van der Waals surface area contributed by atoms with E-state index in [9.17, 15) is 0 Å². The van der Waals surface area contributed by atoms with E-state index in [2.05, 4.69) is 268 Å². The van der Waals surface area contributed by atoms with E-state index < -0.39 is 0 Å². The highest BCUT2D eigenvalue weighted by Crippen LogP contribution is 2.50. The first kappa shape index (κ1) is 40.9. The first-order valence-corrected chi connectivity index (χ1v) is 25.9. The van der Waals surface area contributed by atoms with Crippen molar-refractivity contribution in [2.75, 3.05) is 19.6 Å². The normalized spacial score (nSPS) is 13.9. The Morgan fingerprint density at radius 3 is 1.33 bits per heavy atom.